The lowest BCUT2D eigenvalue weighted by molar-refractivity contribution is -0.136. The number of aromatic amines is 1. The molecule has 0 saturated carbocycles. The molecule has 5 rings (SSSR count). The smallest absolute Gasteiger partial charge is 0.254 e. The van der Waals surface area contributed by atoms with E-state index in [2.05, 4.69) is 24.8 Å². The number of carbonyl (C=O) groups is 1. The number of hydrogen-bond acceptors (Lipinski definition) is 6. The predicted octanol–water partition coefficient (Wildman–Crippen LogP) is 2.21. The van der Waals surface area contributed by atoms with Crippen LogP contribution in [0, 0.1) is 11.7 Å². The number of carbonyl (C=O) groups excluding carboxylic acids is 1. The first-order valence-electron chi connectivity index (χ1n) is 11.3. The molecule has 2 aromatic heterocycles. The van der Waals surface area contributed by atoms with Crippen LogP contribution in [0.25, 0.3) is 11.4 Å². The van der Waals surface area contributed by atoms with E-state index in [4.69, 9.17) is 0 Å². The van der Waals surface area contributed by atoms with E-state index in [-0.39, 0.29) is 23.2 Å². The maximum absolute atomic E-state index is 13.3. The number of hydrogen-bond donors (Lipinski definition) is 1. The van der Waals surface area contributed by atoms with Crippen LogP contribution in [0.1, 0.15) is 24.1 Å². The number of amides is 1. The van der Waals surface area contributed by atoms with Crippen molar-refractivity contribution in [1.29, 1.82) is 0 Å². The fourth-order valence-electron chi connectivity index (χ4n) is 4.61. The number of fused-ring (bicyclic) bond motifs is 1. The number of nitrogens with zero attached hydrogens (tertiary/aromatic N) is 5. The molecule has 8 nitrogen and oxygen atoms in total. The summed E-state index contributed by atoms with van der Waals surface area (Å²) in [5.74, 6) is 0.799. The maximum atomic E-state index is 13.3. The van der Waals surface area contributed by atoms with Gasteiger partial charge in [0.25, 0.3) is 5.56 Å². The zero-order valence-electron chi connectivity index (χ0n) is 18.2. The van der Waals surface area contributed by atoms with Crippen LogP contribution in [0.3, 0.4) is 0 Å². The van der Waals surface area contributed by atoms with E-state index in [1.165, 1.54) is 12.1 Å². The van der Waals surface area contributed by atoms with Gasteiger partial charge >= 0.3 is 0 Å². The lowest BCUT2D eigenvalue weighted by Crippen LogP contribution is -2.50. The minimum atomic E-state index is -0.339. The number of aryl methyl sites for hydroxylation is 1. The van der Waals surface area contributed by atoms with Crippen molar-refractivity contribution in [2.45, 2.75) is 25.7 Å². The first-order chi connectivity index (χ1) is 16.1. The Morgan fingerprint density at radius 1 is 1.00 bits per heavy atom. The fraction of sp³-hybridized carbons (Fsp3) is 0.375. The van der Waals surface area contributed by atoms with Crippen molar-refractivity contribution in [3.8, 4) is 11.4 Å². The van der Waals surface area contributed by atoms with Crippen molar-refractivity contribution in [3.63, 3.8) is 0 Å². The molecule has 1 N–H and O–H groups in total. The van der Waals surface area contributed by atoms with Crippen molar-refractivity contribution in [3.05, 3.63) is 70.2 Å². The Kier molecular flexibility index (Phi) is 5.85. The van der Waals surface area contributed by atoms with E-state index in [0.29, 0.717) is 74.8 Å². The molecule has 1 saturated heterocycles. The lowest BCUT2D eigenvalue weighted by atomic mass is 9.97. The Morgan fingerprint density at radius 3 is 2.42 bits per heavy atom. The number of piperazine rings is 1. The van der Waals surface area contributed by atoms with Gasteiger partial charge in [-0.05, 0) is 56.0 Å². The average molecular weight is 449 g/mol. The molecule has 0 radical (unpaired) electrons. The largest absolute Gasteiger partial charge is 0.339 e. The molecule has 1 aliphatic heterocycles. The third-order valence-electron chi connectivity index (χ3n) is 6.47. The van der Waals surface area contributed by atoms with E-state index in [1.807, 2.05) is 4.90 Å². The molecule has 0 bridgehead atoms. The number of nitrogens with one attached hydrogen (secondary N) is 1. The third kappa shape index (κ3) is 4.48. The molecular weight excluding hydrogens is 423 g/mol. The SMILES string of the molecule is O=C(C1CCc2nc(-c3ccc(F)cc3)[nH]c(=O)c2CC1)N1CCN(c2ncccn2)CC1. The molecule has 0 spiro atoms. The van der Waals surface area contributed by atoms with Gasteiger partial charge in [0.05, 0.1) is 5.69 Å². The van der Waals surface area contributed by atoms with Crippen LogP contribution in [0.5, 0.6) is 0 Å². The van der Waals surface area contributed by atoms with Crippen LogP contribution in [0.15, 0.2) is 47.5 Å². The van der Waals surface area contributed by atoms with Crippen molar-refractivity contribution >= 4 is 11.9 Å². The summed E-state index contributed by atoms with van der Waals surface area (Å²) in [4.78, 5) is 46.1. The summed E-state index contributed by atoms with van der Waals surface area (Å²) in [5, 5.41) is 0. The Hall–Kier alpha value is -3.62. The lowest BCUT2D eigenvalue weighted by Gasteiger charge is -2.36. The van der Waals surface area contributed by atoms with Crippen molar-refractivity contribution in [2.24, 2.45) is 5.92 Å². The minimum Gasteiger partial charge on any atom is -0.339 e. The number of H-pyrrole nitrogens is 1. The Labute approximate surface area is 190 Å². The summed E-state index contributed by atoms with van der Waals surface area (Å²) in [7, 11) is 0. The van der Waals surface area contributed by atoms with Crippen LogP contribution in [-0.4, -0.2) is 56.9 Å². The van der Waals surface area contributed by atoms with Crippen LogP contribution >= 0.6 is 0 Å². The maximum Gasteiger partial charge on any atom is 0.254 e. The molecule has 1 unspecified atom stereocenters. The Morgan fingerprint density at radius 2 is 1.70 bits per heavy atom. The van der Waals surface area contributed by atoms with Crippen molar-refractivity contribution in [1.82, 2.24) is 24.8 Å². The first kappa shape index (κ1) is 21.2. The quantitative estimate of drug-likeness (QED) is 0.618. The summed E-state index contributed by atoms with van der Waals surface area (Å²) in [5.41, 5.74) is 1.87. The molecule has 170 valence electrons. The van der Waals surface area contributed by atoms with Crippen molar-refractivity contribution in [2.75, 3.05) is 31.1 Å². The standard InChI is InChI=1S/C24H25FN6O2/c25-18-6-2-16(3-7-18)21-28-20-9-5-17(4-8-19(20)22(32)29-21)23(33)30-12-14-31(15-13-30)24-26-10-1-11-27-24/h1-3,6-7,10-11,17H,4-5,8-9,12-15H2,(H,28,29,32). The number of aromatic nitrogens is 4. The summed E-state index contributed by atoms with van der Waals surface area (Å²) >= 11 is 0. The molecule has 9 heteroatoms. The number of halogens is 1. The highest BCUT2D eigenvalue weighted by Gasteiger charge is 2.30. The second kappa shape index (κ2) is 9.09. The summed E-state index contributed by atoms with van der Waals surface area (Å²) < 4.78 is 13.3. The zero-order chi connectivity index (χ0) is 22.8. The van der Waals surface area contributed by atoms with Gasteiger partial charge in [-0.25, -0.2) is 19.3 Å². The normalized spacial score (nSPS) is 18.5. The fourth-order valence-corrected chi connectivity index (χ4v) is 4.61. The Bertz CT molecular complexity index is 1190. The summed E-state index contributed by atoms with van der Waals surface area (Å²) in [6.45, 7) is 2.66. The molecule has 2 aliphatic rings. The zero-order valence-corrected chi connectivity index (χ0v) is 18.2. The van der Waals surface area contributed by atoms with Gasteiger partial charge in [0.1, 0.15) is 11.6 Å². The molecule has 3 heterocycles. The second-order valence-corrected chi connectivity index (χ2v) is 8.48. The van der Waals surface area contributed by atoms with Crippen LogP contribution in [0.2, 0.25) is 0 Å². The van der Waals surface area contributed by atoms with Gasteiger partial charge in [0.2, 0.25) is 11.9 Å². The highest BCUT2D eigenvalue weighted by Crippen LogP contribution is 2.25. The number of rotatable bonds is 3. The van der Waals surface area contributed by atoms with Gasteiger partial charge in [-0.3, -0.25) is 9.59 Å². The molecule has 3 aromatic rings. The van der Waals surface area contributed by atoms with Gasteiger partial charge in [-0.2, -0.15) is 0 Å². The molecule has 1 atom stereocenters. The number of benzene rings is 1. The van der Waals surface area contributed by atoms with E-state index >= 15 is 0 Å². The van der Waals surface area contributed by atoms with E-state index in [1.54, 1.807) is 30.6 Å². The summed E-state index contributed by atoms with van der Waals surface area (Å²) in [6, 6.07) is 7.68. The molecule has 33 heavy (non-hydrogen) atoms. The number of anilines is 1. The van der Waals surface area contributed by atoms with E-state index in [0.717, 1.165) is 5.69 Å². The predicted molar refractivity (Wildman–Crippen MR) is 121 cm³/mol. The first-order valence-corrected chi connectivity index (χ1v) is 11.3. The highest BCUT2D eigenvalue weighted by atomic mass is 19.1. The van der Waals surface area contributed by atoms with Crippen LogP contribution in [-0.2, 0) is 17.6 Å². The molecule has 1 amide bonds. The van der Waals surface area contributed by atoms with E-state index < -0.39 is 0 Å². The molecule has 1 aromatic carbocycles. The molecule has 1 fully saturated rings. The van der Waals surface area contributed by atoms with Crippen LogP contribution in [0.4, 0.5) is 10.3 Å². The van der Waals surface area contributed by atoms with Gasteiger partial charge in [-0.15, -0.1) is 0 Å². The summed E-state index contributed by atoms with van der Waals surface area (Å²) in [6.07, 6.45) is 5.83. The molecule has 1 aliphatic carbocycles. The van der Waals surface area contributed by atoms with Gasteiger partial charge in [0.15, 0.2) is 0 Å². The van der Waals surface area contributed by atoms with Gasteiger partial charge in [-0.1, -0.05) is 0 Å². The highest BCUT2D eigenvalue weighted by molar-refractivity contribution is 5.79. The Balaban J connectivity index is 1.25. The van der Waals surface area contributed by atoms with E-state index in [9.17, 15) is 14.0 Å². The monoisotopic (exact) mass is 448 g/mol. The van der Waals surface area contributed by atoms with Crippen LogP contribution < -0.4 is 10.5 Å². The second-order valence-electron chi connectivity index (χ2n) is 8.48. The van der Waals surface area contributed by atoms with Gasteiger partial charge in [0, 0.05) is 55.6 Å². The minimum absolute atomic E-state index is 0.132. The topological polar surface area (TPSA) is 95.1 Å². The van der Waals surface area contributed by atoms with Crippen molar-refractivity contribution < 1.29 is 9.18 Å². The molecular formula is C24H25FN6O2. The average Bonchev–Trinajstić information content (AvgIpc) is 3.08. The third-order valence-corrected chi connectivity index (χ3v) is 6.47. The van der Waals surface area contributed by atoms with Gasteiger partial charge < -0.3 is 14.8 Å².